The van der Waals surface area contributed by atoms with E-state index in [1.165, 1.54) is 116 Å². The van der Waals surface area contributed by atoms with E-state index >= 15 is 0 Å². The van der Waals surface area contributed by atoms with Gasteiger partial charge in [0, 0.05) is 19.4 Å². The number of phosphoric acid groups is 1. The summed E-state index contributed by atoms with van der Waals surface area (Å²) in [7, 11) is -4.39. The number of nitrogens with two attached hydrogens (primary N) is 1. The molecule has 0 bridgehead atoms. The number of hydrogen-bond donors (Lipinski definition) is 2. The second-order valence-electron chi connectivity index (χ2n) is 15.3. The van der Waals surface area contributed by atoms with Gasteiger partial charge in [-0.2, -0.15) is 0 Å². The summed E-state index contributed by atoms with van der Waals surface area (Å²) in [6, 6.07) is 0. The Morgan fingerprint density at radius 3 is 1.40 bits per heavy atom. The molecule has 3 N–H and O–H groups in total. The van der Waals surface area contributed by atoms with Gasteiger partial charge in [-0.05, 0) is 77.0 Å². The molecule has 57 heavy (non-hydrogen) atoms. The molecule has 0 aliphatic carbocycles. The first-order valence-corrected chi connectivity index (χ1v) is 24.6. The minimum atomic E-state index is -4.39. The van der Waals surface area contributed by atoms with E-state index in [-0.39, 0.29) is 38.6 Å². The van der Waals surface area contributed by atoms with Crippen LogP contribution in [0.3, 0.4) is 0 Å². The second kappa shape index (κ2) is 43.5. The number of esters is 2. The quantitative estimate of drug-likeness (QED) is 0.0267. The molecule has 0 aromatic heterocycles. The fourth-order valence-corrected chi connectivity index (χ4v) is 6.99. The minimum Gasteiger partial charge on any atom is -0.462 e. The lowest BCUT2D eigenvalue weighted by Crippen LogP contribution is -2.29. The van der Waals surface area contributed by atoms with Crippen LogP contribution in [0.15, 0.2) is 48.6 Å². The van der Waals surface area contributed by atoms with Crippen molar-refractivity contribution in [2.24, 2.45) is 5.73 Å². The largest absolute Gasteiger partial charge is 0.472 e. The van der Waals surface area contributed by atoms with Crippen molar-refractivity contribution < 1.29 is 37.6 Å². The second-order valence-corrected chi connectivity index (χ2v) is 16.7. The summed E-state index contributed by atoms with van der Waals surface area (Å²) in [5, 5.41) is 0. The van der Waals surface area contributed by atoms with E-state index in [9.17, 15) is 19.0 Å². The molecular formula is C47H86NO8P. The minimum absolute atomic E-state index is 0.0480. The van der Waals surface area contributed by atoms with E-state index in [2.05, 4.69) is 62.5 Å². The van der Waals surface area contributed by atoms with Crippen molar-refractivity contribution in [3.63, 3.8) is 0 Å². The molecule has 0 heterocycles. The van der Waals surface area contributed by atoms with Crippen LogP contribution in [-0.4, -0.2) is 49.3 Å². The van der Waals surface area contributed by atoms with Gasteiger partial charge in [-0.25, -0.2) is 4.57 Å². The maximum absolute atomic E-state index is 12.6. The Kier molecular flexibility index (Phi) is 42.0. The molecule has 0 rings (SSSR count). The Morgan fingerprint density at radius 1 is 0.526 bits per heavy atom. The fourth-order valence-electron chi connectivity index (χ4n) is 6.22. The normalized spacial score (nSPS) is 13.7. The van der Waals surface area contributed by atoms with Gasteiger partial charge in [0.15, 0.2) is 6.10 Å². The van der Waals surface area contributed by atoms with Gasteiger partial charge in [0.2, 0.25) is 0 Å². The van der Waals surface area contributed by atoms with Crippen molar-refractivity contribution in [1.82, 2.24) is 0 Å². The van der Waals surface area contributed by atoms with Crippen molar-refractivity contribution in [1.29, 1.82) is 0 Å². The van der Waals surface area contributed by atoms with Crippen molar-refractivity contribution in [3.8, 4) is 0 Å². The Labute approximate surface area is 349 Å². The van der Waals surface area contributed by atoms with E-state index in [0.29, 0.717) is 6.42 Å². The molecule has 0 radical (unpaired) electrons. The highest BCUT2D eigenvalue weighted by molar-refractivity contribution is 7.47. The molecule has 0 aliphatic rings. The third-order valence-corrected chi connectivity index (χ3v) is 10.7. The average molecular weight is 824 g/mol. The van der Waals surface area contributed by atoms with E-state index in [0.717, 1.165) is 57.8 Å². The van der Waals surface area contributed by atoms with Crippen molar-refractivity contribution in [2.75, 3.05) is 26.4 Å². The molecule has 0 aromatic carbocycles. The topological polar surface area (TPSA) is 134 Å². The van der Waals surface area contributed by atoms with Gasteiger partial charge >= 0.3 is 19.8 Å². The van der Waals surface area contributed by atoms with Crippen molar-refractivity contribution >= 4 is 19.8 Å². The lowest BCUT2D eigenvalue weighted by Gasteiger charge is -2.19. The molecule has 0 saturated heterocycles. The lowest BCUT2D eigenvalue weighted by molar-refractivity contribution is -0.161. The number of allylic oxidation sites excluding steroid dienone is 8. The van der Waals surface area contributed by atoms with Gasteiger partial charge in [-0.15, -0.1) is 0 Å². The smallest absolute Gasteiger partial charge is 0.462 e. The highest BCUT2D eigenvalue weighted by Gasteiger charge is 2.26. The van der Waals surface area contributed by atoms with Gasteiger partial charge in [-0.3, -0.25) is 18.6 Å². The molecule has 10 heteroatoms. The van der Waals surface area contributed by atoms with Crippen LogP contribution in [-0.2, 0) is 32.7 Å². The molecule has 0 amide bonds. The first-order valence-electron chi connectivity index (χ1n) is 23.1. The van der Waals surface area contributed by atoms with Crippen LogP contribution in [0.1, 0.15) is 206 Å². The van der Waals surface area contributed by atoms with Crippen LogP contribution < -0.4 is 5.73 Å². The van der Waals surface area contributed by atoms with Crippen LogP contribution in [0.2, 0.25) is 0 Å². The highest BCUT2D eigenvalue weighted by Crippen LogP contribution is 2.43. The summed E-state index contributed by atoms with van der Waals surface area (Å²) < 4.78 is 32.8. The molecule has 0 aromatic rings. The summed E-state index contributed by atoms with van der Waals surface area (Å²) in [4.78, 5) is 34.9. The average Bonchev–Trinajstić information content (AvgIpc) is 3.20. The molecule has 0 saturated carbocycles. The number of rotatable bonds is 43. The third-order valence-electron chi connectivity index (χ3n) is 9.69. The predicted octanol–water partition coefficient (Wildman–Crippen LogP) is 13.5. The van der Waals surface area contributed by atoms with Crippen molar-refractivity contribution in [3.05, 3.63) is 48.6 Å². The monoisotopic (exact) mass is 824 g/mol. The van der Waals surface area contributed by atoms with E-state index in [4.69, 9.17) is 24.3 Å². The zero-order valence-corrected chi connectivity index (χ0v) is 37.5. The maximum Gasteiger partial charge on any atom is 0.472 e. The van der Waals surface area contributed by atoms with E-state index < -0.39 is 26.5 Å². The molecule has 2 atom stereocenters. The Morgan fingerprint density at radius 2 is 0.912 bits per heavy atom. The molecule has 0 spiro atoms. The number of unbranched alkanes of at least 4 members (excludes halogenated alkanes) is 22. The highest BCUT2D eigenvalue weighted by atomic mass is 31.2. The molecular weight excluding hydrogens is 737 g/mol. The van der Waals surface area contributed by atoms with Crippen LogP contribution in [0.4, 0.5) is 0 Å². The molecule has 0 fully saturated rings. The van der Waals surface area contributed by atoms with Crippen LogP contribution in [0, 0.1) is 0 Å². The van der Waals surface area contributed by atoms with Gasteiger partial charge < -0.3 is 20.1 Å². The first kappa shape index (κ1) is 55.0. The SMILES string of the molecule is CCCCCC=CCC=CCC=CCCCCCCC(=O)OC(COC(=O)CCCCCCCCCCCC=CCCCCCCCC)COP(=O)(O)OCCN. The summed E-state index contributed by atoms with van der Waals surface area (Å²) in [6.07, 6.45) is 49.9. The third kappa shape index (κ3) is 43.4. The van der Waals surface area contributed by atoms with E-state index in [1.807, 2.05) is 0 Å². The molecule has 0 aliphatic heterocycles. The molecule has 9 nitrogen and oxygen atoms in total. The maximum atomic E-state index is 12.6. The van der Waals surface area contributed by atoms with Gasteiger partial charge in [-0.1, -0.05) is 165 Å². The number of ether oxygens (including phenoxy) is 2. The van der Waals surface area contributed by atoms with Gasteiger partial charge in [0.1, 0.15) is 6.61 Å². The van der Waals surface area contributed by atoms with Crippen LogP contribution >= 0.6 is 7.82 Å². The van der Waals surface area contributed by atoms with Crippen molar-refractivity contribution in [2.45, 2.75) is 213 Å². The fraction of sp³-hybridized carbons (Fsp3) is 0.787. The standard InChI is InChI=1S/C47H86NO8P/c1-3-5-7-9-11-13-15-17-19-21-22-24-25-27-29-31-33-35-37-39-46(49)53-43-45(44-55-57(51,52)54-42-41-48)56-47(50)40-38-36-34-32-30-28-26-23-20-18-16-14-12-10-8-6-4-2/h12,14,17-20,26,28,45H,3-11,13,15-16,21-25,27,29-44,48H2,1-2H3,(H,51,52). The first-order chi connectivity index (χ1) is 27.8. The van der Waals surface area contributed by atoms with Crippen LogP contribution in [0.25, 0.3) is 0 Å². The summed E-state index contributed by atoms with van der Waals surface area (Å²) >= 11 is 0. The summed E-state index contributed by atoms with van der Waals surface area (Å²) in [6.45, 7) is 3.68. The number of carbonyl (C=O) groups excluding carboxylic acids is 2. The number of carbonyl (C=O) groups is 2. The predicted molar refractivity (Wildman–Crippen MR) is 238 cm³/mol. The van der Waals surface area contributed by atoms with E-state index in [1.54, 1.807) is 0 Å². The Balaban J connectivity index is 4.15. The Bertz CT molecular complexity index is 1080. The summed E-state index contributed by atoms with van der Waals surface area (Å²) in [5.74, 6) is -0.854. The Hall–Kier alpha value is -2.03. The lowest BCUT2D eigenvalue weighted by atomic mass is 10.1. The molecule has 332 valence electrons. The summed E-state index contributed by atoms with van der Waals surface area (Å²) in [5.41, 5.74) is 5.35. The van der Waals surface area contributed by atoms with Gasteiger partial charge in [0.05, 0.1) is 13.2 Å². The van der Waals surface area contributed by atoms with Gasteiger partial charge in [0.25, 0.3) is 0 Å². The zero-order valence-electron chi connectivity index (χ0n) is 36.6. The molecule has 2 unspecified atom stereocenters. The van der Waals surface area contributed by atoms with Crippen LogP contribution in [0.5, 0.6) is 0 Å². The zero-order chi connectivity index (χ0) is 41.8. The number of hydrogen-bond acceptors (Lipinski definition) is 8. The number of phosphoric ester groups is 1.